The molecule has 0 fully saturated rings. The van der Waals surface area contributed by atoms with Crippen molar-refractivity contribution in [3.8, 4) is 11.5 Å². The van der Waals surface area contributed by atoms with E-state index in [1.807, 2.05) is 0 Å². The third kappa shape index (κ3) is 7.39. The molecule has 0 bridgehead atoms. The maximum Gasteiger partial charge on any atom is 0 e. The van der Waals surface area contributed by atoms with Crippen LogP contribution in [0.4, 0.5) is 0 Å². The Morgan fingerprint density at radius 3 is 1.69 bits per heavy atom. The molecule has 0 aliphatic heterocycles. The molecule has 0 atom stereocenters. The summed E-state index contributed by atoms with van der Waals surface area (Å²) in [6.45, 7) is 29.5. The minimum atomic E-state index is -2.01. The Bertz CT molecular complexity index is 1200. The van der Waals surface area contributed by atoms with Crippen molar-refractivity contribution in [3.63, 3.8) is 0 Å². The second-order valence-electron chi connectivity index (χ2n) is 9.22. The van der Waals surface area contributed by atoms with Crippen molar-refractivity contribution in [1.82, 2.24) is 0 Å². The van der Waals surface area contributed by atoms with Gasteiger partial charge in [-0.25, -0.2) is 0 Å². The van der Waals surface area contributed by atoms with Gasteiger partial charge in [-0.3, -0.25) is 0 Å². The topological polar surface area (TPSA) is 78.2 Å². The number of halogens is 1. The predicted octanol–water partition coefficient (Wildman–Crippen LogP) is 8.16. The molecule has 5 nitrogen and oxygen atoms in total. The minimum absolute atomic E-state index is 0. The van der Waals surface area contributed by atoms with Crippen LogP contribution >= 0.6 is 15.9 Å². The van der Waals surface area contributed by atoms with Crippen LogP contribution in [0.1, 0.15) is 45.7 Å². The summed E-state index contributed by atoms with van der Waals surface area (Å²) in [5.41, 5.74) is 2.55. The zero-order valence-corrected chi connectivity index (χ0v) is 26.0. The molecule has 8 heteroatoms. The SMILES string of the molecule is CCc1c(CC)c(OC)c2c(cc(Br)c3ccccc32)c1O[Si](C)(C)C(C)(C)C.[C-]#[O+].[C-]#[O+].[C-]#[O+].[Cr]. The molecular weight excluding hydrogens is 576 g/mol. The normalized spacial score (nSPS) is 10.3. The smallest absolute Gasteiger partial charge is 0 e. The van der Waals surface area contributed by atoms with E-state index in [2.05, 4.69) is 114 Å². The van der Waals surface area contributed by atoms with E-state index in [0.717, 1.165) is 39.6 Å². The van der Waals surface area contributed by atoms with E-state index in [1.165, 1.54) is 21.9 Å². The first-order valence-corrected chi connectivity index (χ1v) is 14.8. The monoisotopic (exact) mass is 608 g/mol. The molecule has 0 heterocycles. The number of benzene rings is 3. The van der Waals surface area contributed by atoms with Crippen molar-refractivity contribution < 1.29 is 40.5 Å². The second kappa shape index (κ2) is 16.2. The first-order valence-electron chi connectivity index (χ1n) is 11.1. The summed E-state index contributed by atoms with van der Waals surface area (Å²) < 4.78 is 36.6. The van der Waals surface area contributed by atoms with Crippen LogP contribution in [-0.2, 0) is 44.2 Å². The molecule has 36 heavy (non-hydrogen) atoms. The number of methoxy groups -OCH3 is 1. The Kier molecular flexibility index (Phi) is 16.3. The zero-order valence-electron chi connectivity index (χ0n) is 22.1. The molecule has 3 aromatic carbocycles. The number of ether oxygens (including phenoxy) is 1. The van der Waals surface area contributed by atoms with Gasteiger partial charge < -0.3 is 9.16 Å². The van der Waals surface area contributed by atoms with Crippen LogP contribution in [0.3, 0.4) is 0 Å². The molecule has 0 aromatic heterocycles. The third-order valence-electron chi connectivity index (χ3n) is 6.45. The molecule has 3 aromatic rings. The Labute approximate surface area is 235 Å². The Hall–Kier alpha value is -1.77. The molecule has 0 N–H and O–H groups in total. The predicted molar refractivity (Wildman–Crippen MR) is 144 cm³/mol. The summed E-state index contributed by atoms with van der Waals surface area (Å²) in [5, 5.41) is 4.83. The van der Waals surface area contributed by atoms with Crippen LogP contribution in [0.25, 0.3) is 21.5 Å². The number of rotatable bonds is 5. The van der Waals surface area contributed by atoms with E-state index in [0.29, 0.717) is 0 Å². The molecule has 0 amide bonds. The molecule has 0 unspecified atom stereocenters. The molecule has 0 spiro atoms. The van der Waals surface area contributed by atoms with Gasteiger partial charge in [0.1, 0.15) is 11.5 Å². The Balaban J connectivity index is 0. The molecule has 0 aliphatic rings. The standard InChI is InChI=1S/C25H33BrO2Si.3CO.Cr/c1-9-16-17(10-2)24(27-6)22-19-14-12-11-13-18(19)21(26)15-20(22)23(16)28-29(7,8)25(3,4)5;3*1-2;/h11-15H,9-10H2,1-8H3;;;;. The minimum Gasteiger partial charge on any atom is 0 e. The molecule has 0 saturated carbocycles. The third-order valence-corrected chi connectivity index (χ3v) is 11.4. The summed E-state index contributed by atoms with van der Waals surface area (Å²) in [4.78, 5) is 0. The first kappa shape index (κ1) is 36.4. The van der Waals surface area contributed by atoms with Crippen LogP contribution in [0.2, 0.25) is 18.1 Å². The van der Waals surface area contributed by atoms with Crippen LogP contribution in [-0.4, -0.2) is 15.4 Å². The number of hydrogen-bond acceptors (Lipinski definition) is 2. The Morgan fingerprint density at radius 2 is 1.28 bits per heavy atom. The zero-order chi connectivity index (χ0) is 27.6. The fourth-order valence-electron chi connectivity index (χ4n) is 3.84. The molecular formula is C28H33BrCrO5Si. The van der Waals surface area contributed by atoms with Gasteiger partial charge in [-0.15, -0.1) is 0 Å². The van der Waals surface area contributed by atoms with Gasteiger partial charge >= 0.3 is 33.9 Å². The average Bonchev–Trinajstić information content (AvgIpc) is 2.86. The van der Waals surface area contributed by atoms with E-state index in [-0.39, 0.29) is 22.4 Å². The van der Waals surface area contributed by atoms with E-state index in [4.69, 9.17) is 23.1 Å². The van der Waals surface area contributed by atoms with Crippen LogP contribution < -0.4 is 9.16 Å². The van der Waals surface area contributed by atoms with Crippen molar-refractivity contribution >= 4 is 45.8 Å². The molecule has 0 radical (unpaired) electrons. The van der Waals surface area contributed by atoms with Gasteiger partial charge in [0.25, 0.3) is 8.32 Å². The van der Waals surface area contributed by atoms with E-state index < -0.39 is 8.32 Å². The molecule has 3 rings (SSSR count). The maximum absolute atomic E-state index is 7.50. The van der Waals surface area contributed by atoms with Crippen molar-refractivity contribution in [3.05, 3.63) is 65.9 Å². The number of hydrogen-bond donors (Lipinski definition) is 0. The summed E-state index contributed by atoms with van der Waals surface area (Å²) in [5.74, 6) is 2.05. The van der Waals surface area contributed by atoms with Crippen molar-refractivity contribution in [2.24, 2.45) is 0 Å². The molecule has 0 aliphatic carbocycles. The quantitative estimate of drug-likeness (QED) is 0.127. The Morgan fingerprint density at radius 1 is 0.833 bits per heavy atom. The van der Waals surface area contributed by atoms with Gasteiger partial charge in [-0.1, -0.05) is 74.8 Å². The molecule has 192 valence electrons. The van der Waals surface area contributed by atoms with Gasteiger partial charge in [0.15, 0.2) is 0 Å². The van der Waals surface area contributed by atoms with E-state index in [1.54, 1.807) is 7.11 Å². The maximum atomic E-state index is 7.50. The fourth-order valence-corrected chi connectivity index (χ4v) is 5.46. The van der Waals surface area contributed by atoms with Crippen LogP contribution in [0.15, 0.2) is 34.8 Å². The second-order valence-corrected chi connectivity index (χ2v) is 14.8. The van der Waals surface area contributed by atoms with Crippen molar-refractivity contribution in [2.75, 3.05) is 7.11 Å². The molecule has 0 saturated heterocycles. The van der Waals surface area contributed by atoms with Crippen LogP contribution in [0, 0.1) is 20.0 Å². The number of fused-ring (bicyclic) bond motifs is 3. The summed E-state index contributed by atoms with van der Waals surface area (Å²) in [6.07, 6.45) is 1.84. The van der Waals surface area contributed by atoms with Crippen molar-refractivity contribution in [2.45, 2.75) is 65.6 Å². The largest absolute Gasteiger partial charge is 0 e. The van der Waals surface area contributed by atoms with Crippen molar-refractivity contribution in [1.29, 1.82) is 0 Å². The average molecular weight is 610 g/mol. The van der Waals surface area contributed by atoms with Gasteiger partial charge in [-0.2, -0.15) is 0 Å². The van der Waals surface area contributed by atoms with Crippen LogP contribution in [0.5, 0.6) is 11.5 Å². The van der Waals surface area contributed by atoms with E-state index >= 15 is 0 Å². The van der Waals surface area contributed by atoms with Gasteiger partial charge in [-0.05, 0) is 53.4 Å². The van der Waals surface area contributed by atoms with Gasteiger partial charge in [0, 0.05) is 38.2 Å². The van der Waals surface area contributed by atoms with Gasteiger partial charge in [0.2, 0.25) is 0 Å². The summed E-state index contributed by atoms with van der Waals surface area (Å²) >= 11 is 3.81. The fraction of sp³-hybridized carbons (Fsp3) is 0.393. The first-order chi connectivity index (χ1) is 16.6. The van der Waals surface area contributed by atoms with E-state index in [9.17, 15) is 0 Å². The summed E-state index contributed by atoms with van der Waals surface area (Å²) in [6, 6.07) is 10.8. The van der Waals surface area contributed by atoms with Gasteiger partial charge in [0.05, 0.1) is 7.11 Å². The summed E-state index contributed by atoms with van der Waals surface area (Å²) in [7, 11) is -0.225.